The Hall–Kier alpha value is -2.35. The fraction of sp³-hybridized carbons (Fsp3) is 0.481. The van der Waals surface area contributed by atoms with E-state index >= 15 is 0 Å². The number of nitrogens with zero attached hydrogens (tertiary/aromatic N) is 1. The molecule has 2 aromatic rings. The third-order valence-electron chi connectivity index (χ3n) is 6.03. The van der Waals surface area contributed by atoms with E-state index in [1.807, 2.05) is 36.4 Å². The van der Waals surface area contributed by atoms with Crippen molar-refractivity contribution >= 4 is 29.3 Å². The minimum absolute atomic E-state index is 0.166. The smallest absolute Gasteiger partial charge is 0.338 e. The quantitative estimate of drug-likeness (QED) is 0.170. The Labute approximate surface area is 207 Å². The number of esters is 1. The second-order valence-electron chi connectivity index (χ2n) is 8.42. The van der Waals surface area contributed by atoms with Crippen LogP contribution >= 0.6 is 11.8 Å². The van der Waals surface area contributed by atoms with E-state index in [9.17, 15) is 9.59 Å². The van der Waals surface area contributed by atoms with Gasteiger partial charge < -0.3 is 19.1 Å². The van der Waals surface area contributed by atoms with E-state index in [-0.39, 0.29) is 17.1 Å². The third-order valence-corrected chi connectivity index (χ3v) is 7.12. The van der Waals surface area contributed by atoms with Gasteiger partial charge in [-0.3, -0.25) is 4.79 Å². The number of carbonyl (C=O) groups excluding carboxylic acids is 2. The number of hydrogen-bond acceptors (Lipinski definition) is 6. The van der Waals surface area contributed by atoms with Crippen LogP contribution in [-0.4, -0.2) is 44.5 Å². The Morgan fingerprint density at radius 3 is 2.38 bits per heavy atom. The third kappa shape index (κ3) is 5.48. The second-order valence-corrected chi connectivity index (χ2v) is 9.93. The van der Waals surface area contributed by atoms with Crippen LogP contribution in [-0.2, 0) is 31.2 Å². The number of thioether (sulfide) groups is 1. The zero-order valence-electron chi connectivity index (χ0n) is 20.8. The van der Waals surface area contributed by atoms with Gasteiger partial charge in [-0.05, 0) is 55.7 Å². The molecule has 184 valence electrons. The Balaban J connectivity index is 1.75. The molecule has 0 spiro atoms. The van der Waals surface area contributed by atoms with E-state index in [2.05, 4.69) is 19.9 Å². The van der Waals surface area contributed by atoms with E-state index in [4.69, 9.17) is 14.2 Å². The Morgan fingerprint density at radius 1 is 1.06 bits per heavy atom. The van der Waals surface area contributed by atoms with Crippen LogP contribution in [0.2, 0.25) is 0 Å². The van der Waals surface area contributed by atoms with Crippen LogP contribution in [0.15, 0.2) is 47.4 Å². The van der Waals surface area contributed by atoms with Crippen LogP contribution in [0.3, 0.4) is 0 Å². The first-order valence-electron chi connectivity index (χ1n) is 11.9. The lowest BCUT2D eigenvalue weighted by atomic mass is 10.1. The number of methoxy groups -OCH3 is 2. The van der Waals surface area contributed by atoms with E-state index in [0.717, 1.165) is 47.4 Å². The van der Waals surface area contributed by atoms with Crippen molar-refractivity contribution in [2.24, 2.45) is 0 Å². The lowest BCUT2D eigenvalue weighted by Gasteiger charge is -2.25. The van der Waals surface area contributed by atoms with Gasteiger partial charge in [0.2, 0.25) is 0 Å². The van der Waals surface area contributed by atoms with Crippen molar-refractivity contribution in [3.8, 4) is 0 Å². The summed E-state index contributed by atoms with van der Waals surface area (Å²) < 4.78 is 16.4. The Morgan fingerprint density at radius 2 is 1.76 bits per heavy atom. The molecule has 6 nitrogen and oxygen atoms in total. The highest BCUT2D eigenvalue weighted by Crippen LogP contribution is 2.45. The standard InChI is InChI=1S/C27H35NO5S/c1-6-8-9-16-28-24-15-14-22(18-23(24)27(31-4,32-5)26(28)30)34-19(3)17-20-10-12-21(13-11-20)25(29)33-7-2/h10-15,18-19H,6-9,16-17H2,1-5H3. The van der Waals surface area contributed by atoms with Gasteiger partial charge in [-0.15, -0.1) is 11.8 Å². The zero-order valence-corrected chi connectivity index (χ0v) is 21.6. The predicted octanol–water partition coefficient (Wildman–Crippen LogP) is 5.57. The van der Waals surface area contributed by atoms with E-state index in [1.54, 1.807) is 23.6 Å². The van der Waals surface area contributed by atoms with E-state index < -0.39 is 5.79 Å². The van der Waals surface area contributed by atoms with Gasteiger partial charge in [0.1, 0.15) is 0 Å². The van der Waals surface area contributed by atoms with Crippen molar-refractivity contribution in [2.45, 2.75) is 62.4 Å². The Kier molecular flexibility index (Phi) is 9.17. The minimum Gasteiger partial charge on any atom is -0.462 e. The van der Waals surface area contributed by atoms with Gasteiger partial charge in [-0.25, -0.2) is 4.79 Å². The lowest BCUT2D eigenvalue weighted by molar-refractivity contribution is -0.209. The predicted molar refractivity (Wildman–Crippen MR) is 135 cm³/mol. The number of ether oxygens (including phenoxy) is 3. The number of carbonyl (C=O) groups is 2. The molecule has 0 fully saturated rings. The van der Waals surface area contributed by atoms with Gasteiger partial charge in [0.25, 0.3) is 11.7 Å². The normalized spacial score (nSPS) is 15.3. The molecule has 0 radical (unpaired) electrons. The van der Waals surface area contributed by atoms with Crippen molar-refractivity contribution in [2.75, 3.05) is 32.3 Å². The summed E-state index contributed by atoms with van der Waals surface area (Å²) >= 11 is 1.74. The summed E-state index contributed by atoms with van der Waals surface area (Å²) in [7, 11) is 3.03. The molecule has 1 aliphatic rings. The summed E-state index contributed by atoms with van der Waals surface area (Å²) in [6.07, 6.45) is 3.94. The van der Waals surface area contributed by atoms with Crippen molar-refractivity contribution in [1.82, 2.24) is 0 Å². The molecular formula is C27H35NO5S. The van der Waals surface area contributed by atoms with Gasteiger partial charge in [0, 0.05) is 36.5 Å². The molecule has 0 aliphatic carbocycles. The van der Waals surface area contributed by atoms with Gasteiger partial charge >= 0.3 is 5.97 Å². The molecule has 0 N–H and O–H groups in total. The molecule has 7 heteroatoms. The molecule has 1 heterocycles. The van der Waals surface area contributed by atoms with Gasteiger partial charge in [0.15, 0.2) is 0 Å². The maximum Gasteiger partial charge on any atom is 0.338 e. The Bertz CT molecular complexity index is 987. The molecular weight excluding hydrogens is 450 g/mol. The SMILES string of the molecule is CCCCCN1C(=O)C(OC)(OC)c2cc(SC(C)Cc3ccc(C(=O)OCC)cc3)ccc21. The number of benzene rings is 2. The largest absolute Gasteiger partial charge is 0.462 e. The van der Waals surface area contributed by atoms with Crippen LogP contribution < -0.4 is 4.90 Å². The first-order valence-corrected chi connectivity index (χ1v) is 12.8. The first kappa shape index (κ1) is 26.3. The fourth-order valence-electron chi connectivity index (χ4n) is 4.31. The summed E-state index contributed by atoms with van der Waals surface area (Å²) in [6, 6.07) is 13.6. The first-order chi connectivity index (χ1) is 16.4. The maximum atomic E-state index is 13.3. The van der Waals surface area contributed by atoms with Crippen molar-refractivity contribution < 1.29 is 23.8 Å². The summed E-state index contributed by atoms with van der Waals surface area (Å²) in [5.74, 6) is -1.86. The molecule has 0 saturated heterocycles. The molecule has 0 saturated carbocycles. The summed E-state index contributed by atoms with van der Waals surface area (Å²) in [4.78, 5) is 28.0. The van der Waals surface area contributed by atoms with Gasteiger partial charge in [-0.1, -0.05) is 38.8 Å². The fourth-order valence-corrected chi connectivity index (χ4v) is 5.38. The van der Waals surface area contributed by atoms with Crippen LogP contribution in [0.5, 0.6) is 0 Å². The molecule has 1 aliphatic heterocycles. The topological polar surface area (TPSA) is 65.1 Å². The summed E-state index contributed by atoms with van der Waals surface area (Å²) in [6.45, 7) is 7.13. The molecule has 3 rings (SSSR count). The highest BCUT2D eigenvalue weighted by molar-refractivity contribution is 8.00. The van der Waals surface area contributed by atoms with Crippen molar-refractivity contribution in [1.29, 1.82) is 0 Å². The maximum absolute atomic E-state index is 13.3. The zero-order chi connectivity index (χ0) is 24.7. The molecule has 34 heavy (non-hydrogen) atoms. The van der Waals surface area contributed by atoms with Crippen LogP contribution in [0.1, 0.15) is 61.5 Å². The molecule has 1 unspecified atom stereocenters. The molecule has 1 atom stereocenters. The number of amides is 1. The molecule has 2 aromatic carbocycles. The molecule has 0 aromatic heterocycles. The van der Waals surface area contributed by atoms with Crippen LogP contribution in [0.25, 0.3) is 0 Å². The number of rotatable bonds is 12. The molecule has 1 amide bonds. The number of fused-ring (bicyclic) bond motifs is 1. The highest BCUT2D eigenvalue weighted by atomic mass is 32.2. The molecule has 0 bridgehead atoms. The summed E-state index contributed by atoms with van der Waals surface area (Å²) in [5, 5.41) is 0.281. The average molecular weight is 486 g/mol. The number of unbranched alkanes of at least 4 members (excludes halogenated alkanes) is 2. The summed E-state index contributed by atoms with van der Waals surface area (Å²) in [5.41, 5.74) is 3.33. The monoisotopic (exact) mass is 485 g/mol. The van der Waals surface area contributed by atoms with Crippen molar-refractivity contribution in [3.63, 3.8) is 0 Å². The van der Waals surface area contributed by atoms with Crippen LogP contribution in [0.4, 0.5) is 5.69 Å². The van der Waals surface area contributed by atoms with Crippen molar-refractivity contribution in [3.05, 3.63) is 59.2 Å². The van der Waals surface area contributed by atoms with Gasteiger partial charge in [-0.2, -0.15) is 0 Å². The van der Waals surface area contributed by atoms with Crippen LogP contribution in [0, 0.1) is 0 Å². The highest BCUT2D eigenvalue weighted by Gasteiger charge is 2.52. The number of hydrogen-bond donors (Lipinski definition) is 0. The second kappa shape index (κ2) is 11.9. The minimum atomic E-state index is -1.40. The van der Waals surface area contributed by atoms with Gasteiger partial charge in [0.05, 0.1) is 17.9 Å². The number of anilines is 1. The average Bonchev–Trinajstić information content (AvgIpc) is 3.07. The lowest BCUT2D eigenvalue weighted by Crippen LogP contribution is -2.43. The van der Waals surface area contributed by atoms with E-state index in [0.29, 0.717) is 18.7 Å². The van der Waals surface area contributed by atoms with E-state index in [1.165, 1.54) is 14.2 Å².